The van der Waals surface area contributed by atoms with Crippen LogP contribution in [0.15, 0.2) is 12.1 Å². The zero-order valence-electron chi connectivity index (χ0n) is 12.0. The summed E-state index contributed by atoms with van der Waals surface area (Å²) in [5, 5.41) is 20.1. The van der Waals surface area contributed by atoms with Gasteiger partial charge in [-0.15, -0.1) is 0 Å². The van der Waals surface area contributed by atoms with E-state index in [1.807, 2.05) is 0 Å². The van der Waals surface area contributed by atoms with Crippen LogP contribution in [0.5, 0.6) is 11.5 Å². The zero-order valence-corrected chi connectivity index (χ0v) is 12.8. The summed E-state index contributed by atoms with van der Waals surface area (Å²) in [6, 6.07) is 3.32. The fourth-order valence-electron chi connectivity index (χ4n) is 3.05. The second kappa shape index (κ2) is 6.54. The number of aliphatic hydroxyl groups is 1. The first kappa shape index (κ1) is 15.9. The Morgan fingerprint density at radius 1 is 1.33 bits per heavy atom. The highest BCUT2D eigenvalue weighted by Gasteiger charge is 2.39. The largest absolute Gasteiger partial charge is 0.495 e. The summed E-state index contributed by atoms with van der Waals surface area (Å²) in [5.41, 5.74) is 0.501. The molecule has 3 atom stereocenters. The molecule has 0 heterocycles. The van der Waals surface area contributed by atoms with Gasteiger partial charge in [0.1, 0.15) is 16.5 Å². The second-order valence-corrected chi connectivity index (χ2v) is 5.57. The van der Waals surface area contributed by atoms with E-state index < -0.39 is 18.0 Å². The molecule has 1 fully saturated rings. The number of ether oxygens (including phenoxy) is 2. The molecule has 0 aliphatic heterocycles. The first-order chi connectivity index (χ1) is 10.0. The molecule has 116 valence electrons. The van der Waals surface area contributed by atoms with Gasteiger partial charge in [-0.25, -0.2) is 0 Å². The van der Waals surface area contributed by atoms with Gasteiger partial charge in [-0.05, 0) is 25.0 Å². The molecule has 1 aromatic rings. The molecule has 5 nitrogen and oxygen atoms in total. The van der Waals surface area contributed by atoms with Crippen molar-refractivity contribution in [3.63, 3.8) is 0 Å². The third kappa shape index (κ3) is 2.94. The lowest BCUT2D eigenvalue weighted by Crippen LogP contribution is -2.24. The van der Waals surface area contributed by atoms with E-state index in [2.05, 4.69) is 0 Å². The van der Waals surface area contributed by atoms with Crippen LogP contribution >= 0.6 is 11.6 Å². The van der Waals surface area contributed by atoms with Gasteiger partial charge in [-0.1, -0.05) is 18.0 Å². The van der Waals surface area contributed by atoms with Crippen molar-refractivity contribution in [2.45, 2.75) is 25.4 Å². The van der Waals surface area contributed by atoms with Crippen LogP contribution in [0.2, 0.25) is 5.02 Å². The molecule has 0 radical (unpaired) electrons. The van der Waals surface area contributed by atoms with Crippen molar-refractivity contribution in [3.05, 3.63) is 22.7 Å². The molecule has 1 aromatic carbocycles. The normalized spacial score (nSPS) is 22.9. The van der Waals surface area contributed by atoms with Crippen LogP contribution in [-0.4, -0.2) is 30.4 Å². The Labute approximate surface area is 128 Å². The lowest BCUT2D eigenvalue weighted by molar-refractivity contribution is -0.144. The number of carboxylic acids is 1. The standard InChI is InChI=1S/C15H19ClO5/c1-20-11-7-6-10(14(21-2)12(11)16)13(17)8-4-3-5-9(8)15(18)19/h6-9,13,17H,3-5H2,1-2H3,(H,18,19). The van der Waals surface area contributed by atoms with Gasteiger partial charge in [-0.2, -0.15) is 0 Å². The van der Waals surface area contributed by atoms with Crippen molar-refractivity contribution in [2.75, 3.05) is 14.2 Å². The molecule has 1 aliphatic rings. The molecule has 1 aliphatic carbocycles. The average Bonchev–Trinajstić information content (AvgIpc) is 2.95. The van der Waals surface area contributed by atoms with Crippen LogP contribution in [0.4, 0.5) is 0 Å². The summed E-state index contributed by atoms with van der Waals surface area (Å²) in [6.07, 6.45) is 1.13. The second-order valence-electron chi connectivity index (χ2n) is 5.19. The van der Waals surface area contributed by atoms with Gasteiger partial charge < -0.3 is 19.7 Å². The minimum Gasteiger partial charge on any atom is -0.495 e. The van der Waals surface area contributed by atoms with Crippen molar-refractivity contribution in [1.82, 2.24) is 0 Å². The van der Waals surface area contributed by atoms with Gasteiger partial charge in [0.05, 0.1) is 26.2 Å². The number of methoxy groups -OCH3 is 2. The summed E-state index contributed by atoms with van der Waals surface area (Å²) < 4.78 is 10.4. The van der Waals surface area contributed by atoms with Gasteiger partial charge in [-0.3, -0.25) is 4.79 Å². The molecule has 6 heteroatoms. The third-order valence-electron chi connectivity index (χ3n) is 4.13. The van der Waals surface area contributed by atoms with Gasteiger partial charge in [0.15, 0.2) is 0 Å². The maximum atomic E-state index is 11.3. The molecule has 1 saturated carbocycles. The third-order valence-corrected chi connectivity index (χ3v) is 4.48. The van der Waals surface area contributed by atoms with Gasteiger partial charge >= 0.3 is 5.97 Å². The monoisotopic (exact) mass is 314 g/mol. The van der Waals surface area contributed by atoms with E-state index in [0.29, 0.717) is 29.9 Å². The summed E-state index contributed by atoms with van der Waals surface area (Å²) in [7, 11) is 2.95. The van der Waals surface area contributed by atoms with E-state index in [0.717, 1.165) is 6.42 Å². The Kier molecular flexibility index (Phi) is 4.96. The molecule has 2 rings (SSSR count). The molecule has 21 heavy (non-hydrogen) atoms. The topological polar surface area (TPSA) is 76.0 Å². The van der Waals surface area contributed by atoms with E-state index >= 15 is 0 Å². The van der Waals surface area contributed by atoms with Crippen LogP contribution in [0, 0.1) is 11.8 Å². The number of carbonyl (C=O) groups is 1. The molecular formula is C15H19ClO5. The highest BCUT2D eigenvalue weighted by atomic mass is 35.5. The fraction of sp³-hybridized carbons (Fsp3) is 0.533. The lowest BCUT2D eigenvalue weighted by Gasteiger charge is -2.24. The minimum atomic E-state index is -0.924. The number of benzene rings is 1. The van der Waals surface area contributed by atoms with Crippen LogP contribution in [0.1, 0.15) is 30.9 Å². The quantitative estimate of drug-likeness (QED) is 0.874. The summed E-state index contributed by atoms with van der Waals surface area (Å²) in [6.45, 7) is 0. The van der Waals surface area contributed by atoms with E-state index in [-0.39, 0.29) is 10.9 Å². The molecule has 0 saturated heterocycles. The van der Waals surface area contributed by atoms with Crippen LogP contribution in [0.3, 0.4) is 0 Å². The van der Waals surface area contributed by atoms with Crippen LogP contribution in [0.25, 0.3) is 0 Å². The molecular weight excluding hydrogens is 296 g/mol. The molecule has 0 spiro atoms. The predicted molar refractivity (Wildman–Crippen MR) is 78.0 cm³/mol. The van der Waals surface area contributed by atoms with Gasteiger partial charge in [0.2, 0.25) is 0 Å². The molecule has 3 unspecified atom stereocenters. The Bertz CT molecular complexity index is 531. The zero-order chi connectivity index (χ0) is 15.6. The van der Waals surface area contributed by atoms with Crippen molar-refractivity contribution in [1.29, 1.82) is 0 Å². The summed E-state index contributed by atoms with van der Waals surface area (Å²) in [5.74, 6) is -0.952. The Balaban J connectivity index is 2.37. The number of halogens is 1. The smallest absolute Gasteiger partial charge is 0.306 e. The number of rotatable bonds is 5. The maximum Gasteiger partial charge on any atom is 0.306 e. The molecule has 0 aromatic heterocycles. The Morgan fingerprint density at radius 3 is 2.62 bits per heavy atom. The molecule has 0 bridgehead atoms. The van der Waals surface area contributed by atoms with Gasteiger partial charge in [0, 0.05) is 11.5 Å². The Morgan fingerprint density at radius 2 is 2.05 bits per heavy atom. The number of aliphatic carboxylic acids is 1. The number of hydrogen-bond acceptors (Lipinski definition) is 4. The van der Waals surface area contributed by atoms with E-state index in [1.165, 1.54) is 14.2 Å². The number of carboxylic acid groups (broad SMARTS) is 1. The van der Waals surface area contributed by atoms with Crippen LogP contribution < -0.4 is 9.47 Å². The first-order valence-corrected chi connectivity index (χ1v) is 7.20. The van der Waals surface area contributed by atoms with Crippen molar-refractivity contribution in [2.24, 2.45) is 11.8 Å². The van der Waals surface area contributed by atoms with E-state index in [4.69, 9.17) is 21.1 Å². The fourth-order valence-corrected chi connectivity index (χ4v) is 3.38. The Hall–Kier alpha value is -1.46. The highest BCUT2D eigenvalue weighted by Crippen LogP contribution is 2.46. The summed E-state index contributed by atoms with van der Waals surface area (Å²) in [4.78, 5) is 11.3. The maximum absolute atomic E-state index is 11.3. The predicted octanol–water partition coefficient (Wildman–Crippen LogP) is 2.89. The number of aliphatic hydroxyl groups excluding tert-OH is 1. The average molecular weight is 315 g/mol. The lowest BCUT2D eigenvalue weighted by atomic mass is 9.86. The first-order valence-electron chi connectivity index (χ1n) is 6.82. The van der Waals surface area contributed by atoms with E-state index in [1.54, 1.807) is 12.1 Å². The SMILES string of the molecule is COc1ccc(C(O)C2CCCC2C(=O)O)c(OC)c1Cl. The number of hydrogen-bond donors (Lipinski definition) is 2. The highest BCUT2D eigenvalue weighted by molar-refractivity contribution is 6.33. The van der Waals surface area contributed by atoms with E-state index in [9.17, 15) is 15.0 Å². The van der Waals surface area contributed by atoms with Crippen molar-refractivity contribution < 1.29 is 24.5 Å². The van der Waals surface area contributed by atoms with Gasteiger partial charge in [0.25, 0.3) is 0 Å². The molecule has 2 N–H and O–H groups in total. The van der Waals surface area contributed by atoms with Crippen LogP contribution in [-0.2, 0) is 4.79 Å². The van der Waals surface area contributed by atoms with Crippen molar-refractivity contribution in [3.8, 4) is 11.5 Å². The van der Waals surface area contributed by atoms with Crippen molar-refractivity contribution >= 4 is 17.6 Å². The minimum absolute atomic E-state index is 0.279. The summed E-state index contributed by atoms with van der Waals surface area (Å²) >= 11 is 6.19. The molecule has 0 amide bonds.